The number of anilines is 2. The molecule has 1 unspecified atom stereocenters. The highest BCUT2D eigenvalue weighted by Gasteiger charge is 2.15. The Bertz CT molecular complexity index is 1260. The number of aliphatic hydroxyl groups is 1. The third kappa shape index (κ3) is 3.91. The Hall–Kier alpha value is -3.26. The molecule has 5 aromatic rings. The number of aliphatic hydroxyl groups excluding tert-OH is 1. The maximum Gasteiger partial charge on any atom is 0.202 e. The summed E-state index contributed by atoms with van der Waals surface area (Å²) < 4.78 is 0. The van der Waals surface area contributed by atoms with Crippen molar-refractivity contribution in [3.8, 4) is 21.1 Å². The molecule has 148 valence electrons. The molecule has 0 bridgehead atoms. The number of benzene rings is 2. The van der Waals surface area contributed by atoms with E-state index in [9.17, 15) is 5.11 Å². The molecule has 0 fully saturated rings. The van der Waals surface area contributed by atoms with Crippen molar-refractivity contribution >= 4 is 45.1 Å². The molecule has 3 aromatic heterocycles. The average molecular weight is 431 g/mol. The van der Waals surface area contributed by atoms with Crippen molar-refractivity contribution in [1.82, 2.24) is 9.97 Å². The van der Waals surface area contributed by atoms with Gasteiger partial charge < -0.3 is 15.7 Å². The van der Waals surface area contributed by atoms with E-state index in [2.05, 4.69) is 22.8 Å². The lowest BCUT2D eigenvalue weighted by Crippen LogP contribution is -2.27. The maximum absolute atomic E-state index is 10.3. The Labute approximate surface area is 181 Å². The quantitative estimate of drug-likeness (QED) is 0.293. The Morgan fingerprint density at radius 2 is 1.30 bits per heavy atom. The largest absolute Gasteiger partial charge is 0.357 e. The van der Waals surface area contributed by atoms with E-state index in [1.807, 2.05) is 71.4 Å². The van der Waals surface area contributed by atoms with Crippen molar-refractivity contribution in [1.29, 1.82) is 0 Å². The molecule has 0 aliphatic rings. The van der Waals surface area contributed by atoms with Crippen LogP contribution in [-0.4, -0.2) is 21.4 Å². The van der Waals surface area contributed by atoms with Gasteiger partial charge in [0.25, 0.3) is 0 Å². The summed E-state index contributed by atoms with van der Waals surface area (Å²) in [4.78, 5) is 12.0. The first-order valence-electron chi connectivity index (χ1n) is 9.42. The summed E-state index contributed by atoms with van der Waals surface area (Å²) in [6, 6.07) is 23.5. The minimum absolute atomic E-state index is 0.758. The molecule has 0 saturated carbocycles. The van der Waals surface area contributed by atoms with Gasteiger partial charge in [0.15, 0.2) is 0 Å². The molecule has 0 amide bonds. The number of hydrogen-bond acceptors (Lipinski definition) is 7. The molecular weight excluding hydrogens is 412 g/mol. The zero-order valence-corrected chi connectivity index (χ0v) is 17.5. The molecule has 2 aromatic carbocycles. The van der Waals surface area contributed by atoms with Crippen molar-refractivity contribution in [3.63, 3.8) is 0 Å². The fraction of sp³-hybridized carbons (Fsp3) is 0.0435. The van der Waals surface area contributed by atoms with Gasteiger partial charge in [0.05, 0.1) is 20.8 Å². The van der Waals surface area contributed by atoms with Crippen LogP contribution in [-0.2, 0) is 0 Å². The molecule has 30 heavy (non-hydrogen) atoms. The molecule has 0 saturated heterocycles. The molecular formula is C23H18N4OS2. The lowest BCUT2D eigenvalue weighted by atomic mass is 10.2. The van der Waals surface area contributed by atoms with Gasteiger partial charge in [0.2, 0.25) is 6.35 Å². The van der Waals surface area contributed by atoms with Crippen LogP contribution >= 0.6 is 22.7 Å². The van der Waals surface area contributed by atoms with Crippen LogP contribution < -0.4 is 10.6 Å². The molecule has 3 heterocycles. The zero-order valence-electron chi connectivity index (χ0n) is 15.8. The van der Waals surface area contributed by atoms with Gasteiger partial charge in [0, 0.05) is 11.4 Å². The number of nitrogens with one attached hydrogen (secondary N) is 2. The van der Waals surface area contributed by atoms with Gasteiger partial charge in [0.1, 0.15) is 11.4 Å². The van der Waals surface area contributed by atoms with Gasteiger partial charge in [-0.1, -0.05) is 30.3 Å². The Kier molecular flexibility index (Phi) is 5.15. The number of fused-ring (bicyclic) bond motifs is 1. The average Bonchev–Trinajstić information content (AvgIpc) is 3.48. The van der Waals surface area contributed by atoms with E-state index < -0.39 is 6.35 Å². The van der Waals surface area contributed by atoms with E-state index in [1.165, 1.54) is 0 Å². The SMILES string of the molecule is OC(Nc1ccccc1)Nc1ccc2nc(-c3cccs3)c(-c3cccs3)nc2c1. The number of thiophene rings is 2. The van der Waals surface area contributed by atoms with Crippen LogP contribution in [0.1, 0.15) is 0 Å². The first kappa shape index (κ1) is 18.7. The molecule has 0 spiro atoms. The van der Waals surface area contributed by atoms with E-state index in [1.54, 1.807) is 22.7 Å². The molecule has 3 N–H and O–H groups in total. The van der Waals surface area contributed by atoms with E-state index >= 15 is 0 Å². The van der Waals surface area contributed by atoms with E-state index in [0.717, 1.165) is 43.6 Å². The molecule has 0 aliphatic carbocycles. The summed E-state index contributed by atoms with van der Waals surface area (Å²) in [7, 11) is 0. The van der Waals surface area contributed by atoms with Crippen LogP contribution in [0, 0.1) is 0 Å². The highest BCUT2D eigenvalue weighted by molar-refractivity contribution is 7.14. The molecule has 7 heteroatoms. The van der Waals surface area contributed by atoms with Gasteiger partial charge >= 0.3 is 0 Å². The summed E-state index contributed by atoms with van der Waals surface area (Å²) in [6.07, 6.45) is -0.931. The number of para-hydroxylation sites is 1. The highest BCUT2D eigenvalue weighted by Crippen LogP contribution is 2.35. The van der Waals surface area contributed by atoms with E-state index in [4.69, 9.17) is 9.97 Å². The summed E-state index contributed by atoms with van der Waals surface area (Å²) in [6.45, 7) is 0. The van der Waals surface area contributed by atoms with Crippen LogP contribution in [0.5, 0.6) is 0 Å². The topological polar surface area (TPSA) is 70.1 Å². The summed E-state index contributed by atoms with van der Waals surface area (Å²) in [5.41, 5.74) is 4.95. The highest BCUT2D eigenvalue weighted by atomic mass is 32.1. The smallest absolute Gasteiger partial charge is 0.202 e. The number of rotatable bonds is 6. The van der Waals surface area contributed by atoms with Crippen LogP contribution in [0.15, 0.2) is 83.6 Å². The number of nitrogens with zero attached hydrogens (tertiary/aromatic N) is 2. The minimum atomic E-state index is -0.931. The molecule has 0 radical (unpaired) electrons. The van der Waals surface area contributed by atoms with Crippen molar-refractivity contribution < 1.29 is 5.11 Å². The molecule has 0 aliphatic heterocycles. The van der Waals surface area contributed by atoms with Gasteiger partial charge in [-0.15, -0.1) is 22.7 Å². The molecule has 5 rings (SSSR count). The Morgan fingerprint density at radius 1 is 0.667 bits per heavy atom. The lowest BCUT2D eigenvalue weighted by molar-refractivity contribution is 0.233. The summed E-state index contributed by atoms with van der Waals surface area (Å²) >= 11 is 3.31. The van der Waals surface area contributed by atoms with Crippen LogP contribution in [0.25, 0.3) is 32.2 Å². The number of aromatic nitrogens is 2. The minimum Gasteiger partial charge on any atom is -0.357 e. The predicted molar refractivity (Wildman–Crippen MR) is 126 cm³/mol. The maximum atomic E-state index is 10.3. The van der Waals surface area contributed by atoms with Gasteiger partial charge in [-0.2, -0.15) is 0 Å². The predicted octanol–water partition coefficient (Wildman–Crippen LogP) is 5.89. The zero-order chi connectivity index (χ0) is 20.3. The molecule has 1 atom stereocenters. The third-order valence-corrected chi connectivity index (χ3v) is 6.31. The van der Waals surface area contributed by atoms with Crippen LogP contribution in [0.2, 0.25) is 0 Å². The van der Waals surface area contributed by atoms with Crippen molar-refractivity contribution in [2.75, 3.05) is 10.6 Å². The summed E-state index contributed by atoms with van der Waals surface area (Å²) in [5.74, 6) is 0. The second kappa shape index (κ2) is 8.23. The van der Waals surface area contributed by atoms with Crippen molar-refractivity contribution in [3.05, 3.63) is 83.6 Å². The van der Waals surface area contributed by atoms with Gasteiger partial charge in [-0.05, 0) is 53.2 Å². The standard InChI is InChI=1S/C23H18N4OS2/c28-23(24-15-6-2-1-3-7-15)25-16-10-11-17-18(14-16)27-22(20-9-5-13-30-20)21(26-17)19-8-4-12-29-19/h1-14,23-25,28H. The fourth-order valence-corrected chi connectivity index (χ4v) is 4.63. The molecule has 5 nitrogen and oxygen atoms in total. The number of hydrogen-bond donors (Lipinski definition) is 3. The lowest BCUT2D eigenvalue weighted by Gasteiger charge is -2.17. The normalized spacial score (nSPS) is 12.0. The van der Waals surface area contributed by atoms with E-state index in [0.29, 0.717) is 0 Å². The van der Waals surface area contributed by atoms with Gasteiger partial charge in [-0.3, -0.25) is 0 Å². The third-order valence-electron chi connectivity index (χ3n) is 4.55. The van der Waals surface area contributed by atoms with Crippen molar-refractivity contribution in [2.24, 2.45) is 0 Å². The second-order valence-electron chi connectivity index (χ2n) is 6.64. The first-order chi connectivity index (χ1) is 14.8. The first-order valence-corrected chi connectivity index (χ1v) is 11.2. The van der Waals surface area contributed by atoms with Crippen molar-refractivity contribution in [2.45, 2.75) is 6.35 Å². The van der Waals surface area contributed by atoms with Crippen LogP contribution in [0.4, 0.5) is 11.4 Å². The Morgan fingerprint density at radius 3 is 1.93 bits per heavy atom. The Balaban J connectivity index is 1.49. The second-order valence-corrected chi connectivity index (χ2v) is 8.53. The van der Waals surface area contributed by atoms with Gasteiger partial charge in [-0.25, -0.2) is 9.97 Å². The fourth-order valence-electron chi connectivity index (χ4n) is 3.20. The van der Waals surface area contributed by atoms with Crippen LogP contribution in [0.3, 0.4) is 0 Å². The summed E-state index contributed by atoms with van der Waals surface area (Å²) in [5, 5.41) is 20.5. The monoisotopic (exact) mass is 430 g/mol. The van der Waals surface area contributed by atoms with E-state index in [-0.39, 0.29) is 0 Å².